The number of esters is 1. The van der Waals surface area contributed by atoms with Gasteiger partial charge in [-0.05, 0) is 32.9 Å². The molecule has 21 heavy (non-hydrogen) atoms. The maximum atomic E-state index is 11.8. The highest BCUT2D eigenvalue weighted by Crippen LogP contribution is 2.15. The number of fused-ring (bicyclic) bond motifs is 1. The summed E-state index contributed by atoms with van der Waals surface area (Å²) in [6, 6.07) is 6.64. The molecule has 0 N–H and O–H groups in total. The van der Waals surface area contributed by atoms with Gasteiger partial charge in [0.25, 0.3) is 0 Å². The second-order valence-corrected chi connectivity index (χ2v) is 5.71. The van der Waals surface area contributed by atoms with Gasteiger partial charge in [-0.3, -0.25) is 9.36 Å². The highest BCUT2D eigenvalue weighted by atomic mass is 16.5. The molecule has 0 amide bonds. The fourth-order valence-corrected chi connectivity index (χ4v) is 1.83. The lowest BCUT2D eigenvalue weighted by Crippen LogP contribution is -2.29. The van der Waals surface area contributed by atoms with Crippen LogP contribution in [0.1, 0.15) is 20.8 Å². The summed E-state index contributed by atoms with van der Waals surface area (Å²) in [5.41, 5.74) is -0.805. The van der Waals surface area contributed by atoms with E-state index in [-0.39, 0.29) is 19.1 Å². The molecule has 0 aliphatic heterocycles. The Morgan fingerprint density at radius 3 is 2.57 bits per heavy atom. The van der Waals surface area contributed by atoms with Gasteiger partial charge in [0.05, 0.1) is 22.9 Å². The molecule has 0 saturated heterocycles. The number of carbonyl (C=O) groups is 1. The van der Waals surface area contributed by atoms with Crippen LogP contribution in [0.4, 0.5) is 0 Å². The first-order valence-electron chi connectivity index (χ1n) is 6.60. The quantitative estimate of drug-likeness (QED) is 0.802. The van der Waals surface area contributed by atoms with Crippen LogP contribution in [-0.2, 0) is 16.1 Å². The zero-order valence-corrected chi connectivity index (χ0v) is 12.2. The summed E-state index contributed by atoms with van der Waals surface area (Å²) in [4.78, 5) is 35.1. The van der Waals surface area contributed by atoms with Crippen molar-refractivity contribution >= 4 is 16.9 Å². The van der Waals surface area contributed by atoms with E-state index >= 15 is 0 Å². The molecule has 0 fully saturated rings. The fourth-order valence-electron chi connectivity index (χ4n) is 1.83. The minimum atomic E-state index is -0.759. The third-order valence-electron chi connectivity index (χ3n) is 2.98. The zero-order valence-electron chi connectivity index (χ0n) is 12.2. The third-order valence-corrected chi connectivity index (χ3v) is 2.98. The number of hydrogen-bond acceptors (Lipinski definition) is 5. The number of aromatic nitrogens is 1. The molecular formula is C15H17NO5. The molecule has 6 nitrogen and oxygen atoms in total. The van der Waals surface area contributed by atoms with Gasteiger partial charge in [0.15, 0.2) is 0 Å². The van der Waals surface area contributed by atoms with Gasteiger partial charge in [-0.25, -0.2) is 9.59 Å². The molecule has 6 heteroatoms. The molecule has 0 aliphatic carbocycles. The Morgan fingerprint density at radius 2 is 1.90 bits per heavy atom. The van der Waals surface area contributed by atoms with Crippen LogP contribution in [0.2, 0.25) is 0 Å². The first-order valence-corrected chi connectivity index (χ1v) is 6.60. The Bertz CT molecular complexity index is 779. The normalized spacial score (nSPS) is 11.6. The molecule has 2 rings (SSSR count). The molecule has 112 valence electrons. The Morgan fingerprint density at radius 1 is 1.24 bits per heavy atom. The molecule has 0 spiro atoms. The number of nitrogens with zero attached hydrogens (tertiary/aromatic N) is 1. The summed E-state index contributed by atoms with van der Waals surface area (Å²) in [7, 11) is 0. The van der Waals surface area contributed by atoms with Crippen LogP contribution in [-0.4, -0.2) is 17.1 Å². The predicted octanol–water partition coefficient (Wildman–Crippen LogP) is 1.54. The molecule has 0 radical (unpaired) electrons. The van der Waals surface area contributed by atoms with E-state index in [4.69, 9.17) is 4.74 Å². The van der Waals surface area contributed by atoms with Crippen LogP contribution in [0.5, 0.6) is 0 Å². The van der Waals surface area contributed by atoms with Crippen LogP contribution >= 0.6 is 0 Å². The Kier molecular flexibility index (Phi) is 3.97. The van der Waals surface area contributed by atoms with E-state index in [9.17, 15) is 14.4 Å². The summed E-state index contributed by atoms with van der Waals surface area (Å²) in [5.74, 6) is -1.11. The molecule has 1 heterocycles. The first-order chi connectivity index (χ1) is 9.80. The van der Waals surface area contributed by atoms with E-state index in [0.717, 1.165) is 0 Å². The molecule has 0 aliphatic rings. The molecule has 0 unspecified atom stereocenters. The second-order valence-electron chi connectivity index (χ2n) is 5.71. The van der Waals surface area contributed by atoms with E-state index in [1.165, 1.54) is 4.57 Å². The molecular weight excluding hydrogens is 274 g/mol. The van der Waals surface area contributed by atoms with Crippen molar-refractivity contribution in [3.63, 3.8) is 0 Å². The maximum absolute atomic E-state index is 11.8. The number of benzene rings is 1. The third kappa shape index (κ3) is 3.21. The van der Waals surface area contributed by atoms with Crippen LogP contribution in [0.3, 0.4) is 0 Å². The summed E-state index contributed by atoms with van der Waals surface area (Å²) in [6.45, 7) is 5.41. The van der Waals surface area contributed by atoms with Crippen molar-refractivity contribution in [2.45, 2.75) is 27.3 Å². The van der Waals surface area contributed by atoms with Crippen molar-refractivity contribution in [3.8, 4) is 0 Å². The summed E-state index contributed by atoms with van der Waals surface area (Å²) < 4.78 is 11.1. The Labute approximate surface area is 121 Å². The lowest BCUT2D eigenvalue weighted by Gasteiger charge is -2.17. The second kappa shape index (κ2) is 5.55. The van der Waals surface area contributed by atoms with Gasteiger partial charge in [-0.15, -0.1) is 0 Å². The van der Waals surface area contributed by atoms with Crippen LogP contribution in [0, 0.1) is 5.41 Å². The minimum absolute atomic E-state index is 0.0354. The molecule has 0 atom stereocenters. The van der Waals surface area contributed by atoms with Crippen LogP contribution in [0.15, 0.2) is 38.3 Å². The van der Waals surface area contributed by atoms with Crippen molar-refractivity contribution < 1.29 is 13.9 Å². The standard InChI is InChI=1S/C15H17NO5/c1-15(2,3)13(18)20-9-8-16-11-7-5-4-6-10(11)12(17)21-14(16)19/h4-7H,8-9H2,1-3H3. The number of rotatable bonds is 3. The summed E-state index contributed by atoms with van der Waals surface area (Å²) in [5, 5.41) is 0.319. The number of hydrogen-bond donors (Lipinski definition) is 0. The van der Waals surface area contributed by atoms with Gasteiger partial charge in [-0.2, -0.15) is 0 Å². The summed E-state index contributed by atoms with van der Waals surface area (Å²) >= 11 is 0. The number of para-hydroxylation sites is 1. The Hall–Kier alpha value is -2.37. The van der Waals surface area contributed by atoms with Crippen molar-refractivity contribution in [3.05, 3.63) is 45.2 Å². The lowest BCUT2D eigenvalue weighted by atomic mass is 9.97. The molecule has 1 aromatic carbocycles. The van der Waals surface area contributed by atoms with Gasteiger partial charge >= 0.3 is 17.4 Å². The van der Waals surface area contributed by atoms with Crippen molar-refractivity contribution in [2.75, 3.05) is 6.61 Å². The van der Waals surface area contributed by atoms with Crippen LogP contribution in [0.25, 0.3) is 10.9 Å². The van der Waals surface area contributed by atoms with E-state index < -0.39 is 16.8 Å². The van der Waals surface area contributed by atoms with Crippen molar-refractivity contribution in [1.82, 2.24) is 4.57 Å². The van der Waals surface area contributed by atoms with Gasteiger partial charge < -0.3 is 9.15 Å². The zero-order chi connectivity index (χ0) is 15.6. The van der Waals surface area contributed by atoms with Gasteiger partial charge in [-0.1, -0.05) is 12.1 Å². The molecule has 2 aromatic rings. The monoisotopic (exact) mass is 291 g/mol. The Balaban J connectivity index is 2.26. The van der Waals surface area contributed by atoms with E-state index in [0.29, 0.717) is 10.9 Å². The SMILES string of the molecule is CC(C)(C)C(=O)OCCn1c(=O)oc(=O)c2ccccc21. The van der Waals surface area contributed by atoms with Crippen molar-refractivity contribution in [1.29, 1.82) is 0 Å². The number of ether oxygens (including phenoxy) is 1. The van der Waals surface area contributed by atoms with Gasteiger partial charge in [0.2, 0.25) is 0 Å². The molecule has 1 aromatic heterocycles. The highest BCUT2D eigenvalue weighted by Gasteiger charge is 2.22. The first kappa shape index (κ1) is 15.0. The average Bonchev–Trinajstić information content (AvgIpc) is 2.41. The molecule has 0 saturated carbocycles. The maximum Gasteiger partial charge on any atom is 0.422 e. The minimum Gasteiger partial charge on any atom is -0.463 e. The van der Waals surface area contributed by atoms with Crippen LogP contribution < -0.4 is 11.4 Å². The van der Waals surface area contributed by atoms with Gasteiger partial charge in [0, 0.05) is 0 Å². The van der Waals surface area contributed by atoms with Crippen molar-refractivity contribution in [2.24, 2.45) is 5.41 Å². The smallest absolute Gasteiger partial charge is 0.422 e. The number of carbonyl (C=O) groups excluding carboxylic acids is 1. The fraction of sp³-hybridized carbons (Fsp3) is 0.400. The molecule has 0 bridgehead atoms. The lowest BCUT2D eigenvalue weighted by molar-refractivity contribution is -0.153. The largest absolute Gasteiger partial charge is 0.463 e. The van der Waals surface area contributed by atoms with Gasteiger partial charge in [0.1, 0.15) is 6.61 Å². The average molecular weight is 291 g/mol. The van der Waals surface area contributed by atoms with E-state index in [1.807, 2.05) is 0 Å². The van der Waals surface area contributed by atoms with E-state index in [1.54, 1.807) is 45.0 Å². The van der Waals surface area contributed by atoms with E-state index in [2.05, 4.69) is 4.42 Å². The predicted molar refractivity (Wildman–Crippen MR) is 77.2 cm³/mol. The topological polar surface area (TPSA) is 78.5 Å². The highest BCUT2D eigenvalue weighted by molar-refractivity contribution is 5.77. The summed E-state index contributed by atoms with van der Waals surface area (Å²) in [6.07, 6.45) is 0.